The van der Waals surface area contributed by atoms with E-state index in [0.29, 0.717) is 5.92 Å². The fourth-order valence-corrected chi connectivity index (χ4v) is 3.36. The number of piperidine rings is 1. The van der Waals surface area contributed by atoms with E-state index in [1.54, 1.807) is 6.33 Å². The molecular formula is C16H23N5O. The van der Waals surface area contributed by atoms with Crippen molar-refractivity contribution in [1.82, 2.24) is 15.0 Å². The minimum atomic E-state index is -0.456. The number of carbonyl (C=O) groups is 1. The minimum Gasteiger partial charge on any atom is -0.369 e. The second-order valence-electron chi connectivity index (χ2n) is 6.84. The molecule has 1 fully saturated rings. The number of hydrogen-bond acceptors (Lipinski definition) is 4. The molecule has 1 saturated heterocycles. The number of hydrogen-bond donors (Lipinski definition) is 2. The largest absolute Gasteiger partial charge is 0.369 e. The lowest BCUT2D eigenvalue weighted by Gasteiger charge is -2.36. The fourth-order valence-electron chi connectivity index (χ4n) is 3.36. The minimum absolute atomic E-state index is 0.223. The summed E-state index contributed by atoms with van der Waals surface area (Å²) in [5.74, 6) is 1.22. The molecule has 1 amide bonds. The first-order valence-corrected chi connectivity index (χ1v) is 7.80. The summed E-state index contributed by atoms with van der Waals surface area (Å²) in [4.78, 5) is 25.7. The second kappa shape index (κ2) is 5.59. The number of anilines is 1. The van der Waals surface area contributed by atoms with Crippen molar-refractivity contribution in [2.45, 2.75) is 33.1 Å². The highest BCUT2D eigenvalue weighted by atomic mass is 16.1. The molecule has 3 heterocycles. The molecule has 22 heavy (non-hydrogen) atoms. The number of nitrogens with two attached hydrogens (primary N) is 1. The summed E-state index contributed by atoms with van der Waals surface area (Å²) < 4.78 is 0. The van der Waals surface area contributed by atoms with Crippen LogP contribution in [0.3, 0.4) is 0 Å². The third-order valence-electron chi connectivity index (χ3n) is 4.62. The predicted octanol–water partition coefficient (Wildman–Crippen LogP) is 2.08. The molecule has 1 aliphatic rings. The monoisotopic (exact) mass is 301 g/mol. The molecule has 3 N–H and O–H groups in total. The van der Waals surface area contributed by atoms with Gasteiger partial charge in [-0.2, -0.15) is 0 Å². The Labute approximate surface area is 130 Å². The van der Waals surface area contributed by atoms with Crippen molar-refractivity contribution in [1.29, 1.82) is 0 Å². The van der Waals surface area contributed by atoms with Crippen LogP contribution in [-0.4, -0.2) is 33.9 Å². The van der Waals surface area contributed by atoms with Crippen LogP contribution in [0.5, 0.6) is 0 Å². The van der Waals surface area contributed by atoms with Crippen LogP contribution in [0, 0.1) is 11.3 Å². The van der Waals surface area contributed by atoms with Crippen molar-refractivity contribution >= 4 is 22.8 Å². The first-order valence-electron chi connectivity index (χ1n) is 7.80. The van der Waals surface area contributed by atoms with Gasteiger partial charge in [0.1, 0.15) is 17.8 Å². The molecule has 0 spiro atoms. The van der Waals surface area contributed by atoms with Gasteiger partial charge in [0.25, 0.3) is 0 Å². The molecule has 6 heteroatoms. The molecule has 1 aliphatic heterocycles. The summed E-state index contributed by atoms with van der Waals surface area (Å²) in [5, 5.41) is 1.05. The van der Waals surface area contributed by atoms with Gasteiger partial charge >= 0.3 is 0 Å². The molecule has 0 unspecified atom stereocenters. The van der Waals surface area contributed by atoms with E-state index >= 15 is 0 Å². The number of primary amides is 1. The van der Waals surface area contributed by atoms with E-state index in [-0.39, 0.29) is 5.91 Å². The van der Waals surface area contributed by atoms with E-state index in [9.17, 15) is 4.79 Å². The van der Waals surface area contributed by atoms with Crippen molar-refractivity contribution < 1.29 is 4.79 Å². The first kappa shape index (κ1) is 14.8. The standard InChI is InChI=1S/C16H23N5O/c1-16(2,15(17)22)8-11-4-3-7-21(9-11)14-12-5-6-18-13(12)19-10-20-14/h5-6,10-11H,3-4,7-9H2,1-2H3,(H2,17,22)(H,18,19,20)/t11-/m0/s1. The highest BCUT2D eigenvalue weighted by molar-refractivity contribution is 5.87. The number of amides is 1. The summed E-state index contributed by atoms with van der Waals surface area (Å²) in [5.41, 5.74) is 5.93. The highest BCUT2D eigenvalue weighted by Crippen LogP contribution is 2.33. The van der Waals surface area contributed by atoms with Gasteiger partial charge in [0.2, 0.25) is 5.91 Å². The molecule has 1 atom stereocenters. The predicted molar refractivity (Wildman–Crippen MR) is 86.4 cm³/mol. The van der Waals surface area contributed by atoms with E-state index in [0.717, 1.165) is 49.2 Å². The van der Waals surface area contributed by atoms with Crippen LogP contribution in [0.25, 0.3) is 11.0 Å². The number of carbonyl (C=O) groups excluding carboxylic acids is 1. The first-order chi connectivity index (χ1) is 10.5. The van der Waals surface area contributed by atoms with E-state index in [2.05, 4.69) is 19.9 Å². The number of fused-ring (bicyclic) bond motifs is 1. The Hall–Kier alpha value is -2.11. The molecule has 0 aliphatic carbocycles. The van der Waals surface area contributed by atoms with Gasteiger partial charge in [0.15, 0.2) is 0 Å². The van der Waals surface area contributed by atoms with Crippen LogP contribution < -0.4 is 10.6 Å². The number of H-pyrrole nitrogens is 1. The summed E-state index contributed by atoms with van der Waals surface area (Å²) in [7, 11) is 0. The second-order valence-corrected chi connectivity index (χ2v) is 6.84. The van der Waals surface area contributed by atoms with E-state index in [1.165, 1.54) is 0 Å². The summed E-state index contributed by atoms with van der Waals surface area (Å²) >= 11 is 0. The molecule has 118 valence electrons. The SMILES string of the molecule is CC(C)(C[C@@H]1CCCN(c2ncnc3[nH]ccc23)C1)C(N)=O. The lowest BCUT2D eigenvalue weighted by atomic mass is 9.79. The Morgan fingerprint density at radius 1 is 1.50 bits per heavy atom. The Morgan fingerprint density at radius 3 is 3.09 bits per heavy atom. The Balaban J connectivity index is 1.79. The Kier molecular flexibility index (Phi) is 3.76. The van der Waals surface area contributed by atoms with Crippen LogP contribution in [-0.2, 0) is 4.79 Å². The smallest absolute Gasteiger partial charge is 0.223 e. The topological polar surface area (TPSA) is 87.9 Å². The van der Waals surface area contributed by atoms with Crippen molar-refractivity contribution in [3.63, 3.8) is 0 Å². The molecular weight excluding hydrogens is 278 g/mol. The van der Waals surface area contributed by atoms with Gasteiger partial charge in [0, 0.05) is 24.7 Å². The van der Waals surface area contributed by atoms with Gasteiger partial charge in [-0.05, 0) is 31.2 Å². The van der Waals surface area contributed by atoms with Crippen LogP contribution in [0.1, 0.15) is 33.1 Å². The van der Waals surface area contributed by atoms with Gasteiger partial charge in [0.05, 0.1) is 5.39 Å². The average Bonchev–Trinajstić information content (AvgIpc) is 2.95. The normalized spacial score (nSPS) is 19.5. The third-order valence-corrected chi connectivity index (χ3v) is 4.62. The van der Waals surface area contributed by atoms with Crippen LogP contribution in [0.2, 0.25) is 0 Å². The lowest BCUT2D eigenvalue weighted by molar-refractivity contribution is -0.126. The van der Waals surface area contributed by atoms with Gasteiger partial charge in [-0.25, -0.2) is 9.97 Å². The number of nitrogens with one attached hydrogen (secondary N) is 1. The van der Waals surface area contributed by atoms with Gasteiger partial charge in [-0.1, -0.05) is 13.8 Å². The maximum atomic E-state index is 11.6. The zero-order valence-electron chi connectivity index (χ0n) is 13.2. The maximum Gasteiger partial charge on any atom is 0.223 e. The number of rotatable bonds is 4. The zero-order chi connectivity index (χ0) is 15.7. The summed E-state index contributed by atoms with van der Waals surface area (Å²) in [6, 6.07) is 2.02. The Morgan fingerprint density at radius 2 is 2.32 bits per heavy atom. The molecule has 2 aromatic heterocycles. The number of aromatic amines is 1. The molecule has 3 rings (SSSR count). The lowest BCUT2D eigenvalue weighted by Crippen LogP contribution is -2.40. The van der Waals surface area contributed by atoms with Crippen LogP contribution >= 0.6 is 0 Å². The quantitative estimate of drug-likeness (QED) is 0.905. The molecule has 6 nitrogen and oxygen atoms in total. The maximum absolute atomic E-state index is 11.6. The zero-order valence-corrected chi connectivity index (χ0v) is 13.2. The highest BCUT2D eigenvalue weighted by Gasteiger charge is 2.31. The summed E-state index contributed by atoms with van der Waals surface area (Å²) in [6.45, 7) is 5.77. The van der Waals surface area contributed by atoms with Gasteiger partial charge in [-0.3, -0.25) is 4.79 Å². The molecule has 0 saturated carbocycles. The van der Waals surface area contributed by atoms with Crippen LogP contribution in [0.15, 0.2) is 18.6 Å². The average molecular weight is 301 g/mol. The Bertz CT molecular complexity index is 678. The molecule has 0 bridgehead atoms. The van der Waals surface area contributed by atoms with Crippen molar-refractivity contribution in [2.75, 3.05) is 18.0 Å². The van der Waals surface area contributed by atoms with Crippen molar-refractivity contribution in [2.24, 2.45) is 17.1 Å². The van der Waals surface area contributed by atoms with Crippen molar-refractivity contribution in [3.05, 3.63) is 18.6 Å². The number of nitrogens with zero attached hydrogens (tertiary/aromatic N) is 3. The number of aromatic nitrogens is 3. The fraction of sp³-hybridized carbons (Fsp3) is 0.562. The van der Waals surface area contributed by atoms with E-state index in [4.69, 9.17) is 5.73 Å². The van der Waals surface area contributed by atoms with Crippen molar-refractivity contribution in [3.8, 4) is 0 Å². The molecule has 2 aromatic rings. The van der Waals surface area contributed by atoms with Gasteiger partial charge < -0.3 is 15.6 Å². The van der Waals surface area contributed by atoms with E-state index in [1.807, 2.05) is 26.1 Å². The van der Waals surface area contributed by atoms with Gasteiger partial charge in [-0.15, -0.1) is 0 Å². The molecule has 0 radical (unpaired) electrons. The third kappa shape index (κ3) is 2.77. The van der Waals surface area contributed by atoms with Crippen LogP contribution in [0.4, 0.5) is 5.82 Å². The van der Waals surface area contributed by atoms with E-state index < -0.39 is 5.41 Å². The summed E-state index contributed by atoms with van der Waals surface area (Å²) in [6.07, 6.45) is 6.55. The molecule has 0 aromatic carbocycles.